The third kappa shape index (κ3) is 7.40. The predicted molar refractivity (Wildman–Crippen MR) is 107 cm³/mol. The molecule has 7 nitrogen and oxygen atoms in total. The molecule has 2 N–H and O–H groups in total. The Morgan fingerprint density at radius 1 is 1.00 bits per heavy atom. The lowest BCUT2D eigenvalue weighted by molar-refractivity contribution is 0.0688. The molecule has 2 aromatic carbocycles. The number of methoxy groups -OCH3 is 1. The lowest BCUT2D eigenvalue weighted by atomic mass is 10.2. The Balaban J connectivity index is 1.87. The van der Waals surface area contributed by atoms with Crippen molar-refractivity contribution < 1.29 is 22.7 Å². The number of rotatable bonds is 12. The van der Waals surface area contributed by atoms with Gasteiger partial charge in [0.15, 0.2) is 0 Å². The summed E-state index contributed by atoms with van der Waals surface area (Å²) in [5.41, 5.74) is 1.15. The number of hydrogen-bond acceptors (Lipinski definition) is 5. The van der Waals surface area contributed by atoms with Crippen LogP contribution in [0.15, 0.2) is 59.5 Å². The van der Waals surface area contributed by atoms with E-state index in [-0.39, 0.29) is 17.3 Å². The van der Waals surface area contributed by atoms with Crippen molar-refractivity contribution in [2.75, 3.05) is 33.5 Å². The van der Waals surface area contributed by atoms with Crippen LogP contribution in [0.25, 0.3) is 0 Å². The molecule has 0 aliphatic carbocycles. The van der Waals surface area contributed by atoms with Crippen LogP contribution >= 0.6 is 0 Å². The first kappa shape index (κ1) is 22.0. The largest absolute Gasteiger partial charge is 0.382 e. The molecule has 152 valence electrons. The molecular formula is C20H26N2O5S. The van der Waals surface area contributed by atoms with E-state index in [2.05, 4.69) is 10.0 Å². The second-order valence-corrected chi connectivity index (χ2v) is 7.82. The first-order valence-electron chi connectivity index (χ1n) is 9.01. The number of amides is 1. The number of sulfonamides is 1. The average Bonchev–Trinajstić information content (AvgIpc) is 2.72. The standard InChI is InChI=1S/C20H26N2O5S/c1-26-13-14-27-12-6-11-21-20(23)18-9-5-10-19(15-18)28(24,25)22-16-17-7-3-2-4-8-17/h2-5,7-10,15,22H,6,11-14,16H2,1H3,(H,21,23). The molecule has 0 saturated carbocycles. The first-order chi connectivity index (χ1) is 13.5. The molecule has 8 heteroatoms. The zero-order chi connectivity index (χ0) is 20.2. The monoisotopic (exact) mass is 406 g/mol. The summed E-state index contributed by atoms with van der Waals surface area (Å²) in [6.07, 6.45) is 0.659. The summed E-state index contributed by atoms with van der Waals surface area (Å²) >= 11 is 0. The molecule has 0 aromatic heterocycles. The second kappa shape index (κ2) is 11.6. The fourth-order valence-electron chi connectivity index (χ4n) is 2.38. The number of carbonyl (C=O) groups excluding carboxylic acids is 1. The summed E-state index contributed by atoms with van der Waals surface area (Å²) in [5, 5.41) is 2.76. The van der Waals surface area contributed by atoms with Gasteiger partial charge in [-0.25, -0.2) is 13.1 Å². The summed E-state index contributed by atoms with van der Waals surface area (Å²) in [5.74, 6) is -0.322. The first-order valence-corrected chi connectivity index (χ1v) is 10.5. The maximum absolute atomic E-state index is 12.5. The van der Waals surface area contributed by atoms with Crippen LogP contribution in [0.3, 0.4) is 0 Å². The predicted octanol–water partition coefficient (Wildman–Crippen LogP) is 1.95. The molecule has 0 heterocycles. The van der Waals surface area contributed by atoms with E-state index in [9.17, 15) is 13.2 Å². The van der Waals surface area contributed by atoms with Crippen LogP contribution in [0.5, 0.6) is 0 Å². The van der Waals surface area contributed by atoms with Crippen LogP contribution in [0.4, 0.5) is 0 Å². The van der Waals surface area contributed by atoms with E-state index in [0.29, 0.717) is 38.3 Å². The van der Waals surface area contributed by atoms with Crippen LogP contribution in [-0.4, -0.2) is 47.8 Å². The van der Waals surface area contributed by atoms with Gasteiger partial charge in [0.05, 0.1) is 18.1 Å². The van der Waals surface area contributed by atoms with E-state index in [4.69, 9.17) is 9.47 Å². The van der Waals surface area contributed by atoms with Crippen molar-refractivity contribution >= 4 is 15.9 Å². The topological polar surface area (TPSA) is 93.7 Å². The molecule has 0 aliphatic rings. The van der Waals surface area contributed by atoms with Gasteiger partial charge in [0.1, 0.15) is 0 Å². The highest BCUT2D eigenvalue weighted by Gasteiger charge is 2.16. The minimum atomic E-state index is -3.71. The lowest BCUT2D eigenvalue weighted by Gasteiger charge is -2.09. The molecule has 28 heavy (non-hydrogen) atoms. The van der Waals surface area contributed by atoms with Crippen molar-refractivity contribution in [3.05, 3.63) is 65.7 Å². The minimum absolute atomic E-state index is 0.0546. The average molecular weight is 407 g/mol. The summed E-state index contributed by atoms with van der Waals surface area (Å²) in [4.78, 5) is 12.3. The van der Waals surface area contributed by atoms with Gasteiger partial charge in [-0.1, -0.05) is 36.4 Å². The van der Waals surface area contributed by atoms with Gasteiger partial charge in [-0.3, -0.25) is 4.79 Å². The Kier molecular flexibility index (Phi) is 9.09. The van der Waals surface area contributed by atoms with Crippen molar-refractivity contribution in [2.24, 2.45) is 0 Å². The Hall–Kier alpha value is -2.26. The molecule has 0 radical (unpaired) electrons. The highest BCUT2D eigenvalue weighted by molar-refractivity contribution is 7.89. The molecule has 2 rings (SSSR count). The quantitative estimate of drug-likeness (QED) is 0.526. The Bertz CT molecular complexity index is 841. The summed E-state index contributed by atoms with van der Waals surface area (Å²) in [7, 11) is -2.11. The Morgan fingerprint density at radius 3 is 2.54 bits per heavy atom. The van der Waals surface area contributed by atoms with Crippen molar-refractivity contribution in [1.82, 2.24) is 10.0 Å². The fraction of sp³-hybridized carbons (Fsp3) is 0.350. The molecule has 2 aromatic rings. The minimum Gasteiger partial charge on any atom is -0.382 e. The Labute approximate surface area is 166 Å². The SMILES string of the molecule is COCCOCCCNC(=O)c1cccc(S(=O)(=O)NCc2ccccc2)c1. The van der Waals surface area contributed by atoms with Gasteiger partial charge < -0.3 is 14.8 Å². The number of ether oxygens (including phenoxy) is 2. The van der Waals surface area contributed by atoms with Crippen molar-refractivity contribution in [1.29, 1.82) is 0 Å². The number of carbonyl (C=O) groups is 1. The van der Waals surface area contributed by atoms with Crippen LogP contribution in [0.2, 0.25) is 0 Å². The van der Waals surface area contributed by atoms with Crippen LogP contribution in [0.1, 0.15) is 22.3 Å². The van der Waals surface area contributed by atoms with Gasteiger partial charge in [-0.15, -0.1) is 0 Å². The number of nitrogens with one attached hydrogen (secondary N) is 2. The van der Waals surface area contributed by atoms with Gasteiger partial charge in [0, 0.05) is 32.4 Å². The lowest BCUT2D eigenvalue weighted by Crippen LogP contribution is -2.26. The molecule has 0 saturated heterocycles. The van der Waals surface area contributed by atoms with E-state index in [0.717, 1.165) is 5.56 Å². The molecule has 0 unspecified atom stereocenters. The molecule has 0 aliphatic heterocycles. The van der Waals surface area contributed by atoms with Gasteiger partial charge in [-0.05, 0) is 30.2 Å². The molecule has 0 atom stereocenters. The van der Waals surface area contributed by atoms with Crippen molar-refractivity contribution in [3.8, 4) is 0 Å². The highest BCUT2D eigenvalue weighted by atomic mass is 32.2. The maximum atomic E-state index is 12.5. The van der Waals surface area contributed by atoms with Crippen molar-refractivity contribution in [2.45, 2.75) is 17.9 Å². The zero-order valence-corrected chi connectivity index (χ0v) is 16.7. The number of hydrogen-bond donors (Lipinski definition) is 2. The Morgan fingerprint density at radius 2 is 1.79 bits per heavy atom. The second-order valence-electron chi connectivity index (χ2n) is 6.05. The van der Waals surface area contributed by atoms with Gasteiger partial charge >= 0.3 is 0 Å². The molecule has 0 spiro atoms. The van der Waals surface area contributed by atoms with Crippen LogP contribution < -0.4 is 10.0 Å². The molecule has 1 amide bonds. The van der Waals surface area contributed by atoms with Gasteiger partial charge in [0.25, 0.3) is 5.91 Å². The molecular weight excluding hydrogens is 380 g/mol. The van der Waals surface area contributed by atoms with E-state index < -0.39 is 10.0 Å². The number of benzene rings is 2. The third-order valence-electron chi connectivity index (χ3n) is 3.90. The third-order valence-corrected chi connectivity index (χ3v) is 5.30. The van der Waals surface area contributed by atoms with Crippen LogP contribution in [-0.2, 0) is 26.0 Å². The van der Waals surface area contributed by atoms with E-state index in [1.807, 2.05) is 30.3 Å². The highest BCUT2D eigenvalue weighted by Crippen LogP contribution is 2.12. The zero-order valence-electron chi connectivity index (χ0n) is 15.9. The van der Waals surface area contributed by atoms with E-state index in [1.165, 1.54) is 12.1 Å². The smallest absolute Gasteiger partial charge is 0.251 e. The summed E-state index contributed by atoms with van der Waals surface area (Å²) in [6.45, 7) is 2.19. The van der Waals surface area contributed by atoms with E-state index >= 15 is 0 Å². The van der Waals surface area contributed by atoms with Gasteiger partial charge in [0.2, 0.25) is 10.0 Å². The maximum Gasteiger partial charge on any atom is 0.251 e. The summed E-state index contributed by atoms with van der Waals surface area (Å²) in [6, 6.07) is 15.2. The van der Waals surface area contributed by atoms with Crippen molar-refractivity contribution in [3.63, 3.8) is 0 Å². The van der Waals surface area contributed by atoms with E-state index in [1.54, 1.807) is 19.2 Å². The van der Waals surface area contributed by atoms with Crippen LogP contribution in [0, 0.1) is 0 Å². The fourth-order valence-corrected chi connectivity index (χ4v) is 3.45. The summed E-state index contributed by atoms with van der Waals surface area (Å²) < 4.78 is 37.7. The molecule has 0 bridgehead atoms. The normalized spacial score (nSPS) is 11.3. The molecule has 0 fully saturated rings. The van der Waals surface area contributed by atoms with Gasteiger partial charge in [-0.2, -0.15) is 0 Å².